The summed E-state index contributed by atoms with van der Waals surface area (Å²) in [6, 6.07) is 14.2. The molecule has 0 N–H and O–H groups in total. The van der Waals surface area contributed by atoms with E-state index < -0.39 is 5.41 Å². The molecule has 126 valence electrons. The van der Waals surface area contributed by atoms with Crippen LogP contribution in [-0.4, -0.2) is 17.9 Å². The molecule has 2 aromatic rings. The minimum Gasteiger partial charge on any atom is -0.314 e. The second-order valence-corrected chi connectivity index (χ2v) is 7.11. The maximum atomic E-state index is 12.3. The first kappa shape index (κ1) is 17.9. The number of pyridine rings is 1. The fraction of sp³-hybridized carbons (Fsp3) is 0.333. The molecule has 0 radical (unpaired) electrons. The lowest BCUT2D eigenvalue weighted by Crippen LogP contribution is -2.36. The van der Waals surface area contributed by atoms with Crippen LogP contribution in [0.4, 0.5) is 5.69 Å². The number of aromatic nitrogens is 1. The van der Waals surface area contributed by atoms with E-state index in [9.17, 15) is 4.79 Å². The highest BCUT2D eigenvalue weighted by atomic mass is 16.2. The lowest BCUT2D eigenvalue weighted by molar-refractivity contribution is -0.125. The molecule has 2 rings (SSSR count). The highest BCUT2D eigenvalue weighted by Crippen LogP contribution is 2.23. The van der Waals surface area contributed by atoms with Gasteiger partial charge in [0.25, 0.3) is 0 Å². The van der Waals surface area contributed by atoms with Crippen molar-refractivity contribution in [3.63, 3.8) is 0 Å². The van der Waals surface area contributed by atoms with Gasteiger partial charge < -0.3 is 4.90 Å². The summed E-state index contributed by atoms with van der Waals surface area (Å²) >= 11 is 0. The Morgan fingerprint density at radius 1 is 1.12 bits per heavy atom. The summed E-state index contributed by atoms with van der Waals surface area (Å²) in [6.07, 6.45) is 6.02. The van der Waals surface area contributed by atoms with E-state index in [4.69, 9.17) is 0 Å². The van der Waals surface area contributed by atoms with Gasteiger partial charge in [-0.3, -0.25) is 9.78 Å². The van der Waals surface area contributed by atoms with Crippen molar-refractivity contribution < 1.29 is 4.79 Å². The molecular weight excluding hydrogens is 296 g/mol. The van der Waals surface area contributed by atoms with E-state index in [0.29, 0.717) is 0 Å². The third kappa shape index (κ3) is 4.54. The maximum Gasteiger partial charge on any atom is 0.232 e. The first-order chi connectivity index (χ1) is 11.3. The lowest BCUT2D eigenvalue weighted by atomic mass is 9.95. The topological polar surface area (TPSA) is 33.2 Å². The van der Waals surface area contributed by atoms with Gasteiger partial charge in [0.15, 0.2) is 0 Å². The second kappa shape index (κ2) is 7.43. The molecule has 1 unspecified atom stereocenters. The van der Waals surface area contributed by atoms with Crippen molar-refractivity contribution in [2.45, 2.75) is 33.6 Å². The summed E-state index contributed by atoms with van der Waals surface area (Å²) in [7, 11) is 1.79. The standard InChI is InChI=1S/C21H26N2O/c1-16(11-12-17-9-7-6-8-10-17)19-14-13-18(15-22-19)23(5)20(24)21(2,3)4/h6-16H,1-5H3/b12-11+. The zero-order valence-electron chi connectivity index (χ0n) is 15.2. The van der Waals surface area contributed by atoms with Gasteiger partial charge >= 0.3 is 0 Å². The average molecular weight is 322 g/mol. The average Bonchev–Trinajstić information content (AvgIpc) is 2.58. The first-order valence-corrected chi connectivity index (χ1v) is 8.26. The summed E-state index contributed by atoms with van der Waals surface area (Å²) in [5.41, 5.74) is 2.58. The molecule has 0 aliphatic rings. The van der Waals surface area contributed by atoms with Crippen LogP contribution in [0.15, 0.2) is 54.7 Å². The number of nitrogens with zero attached hydrogens (tertiary/aromatic N) is 2. The van der Waals surface area contributed by atoms with Gasteiger partial charge in [-0.25, -0.2) is 0 Å². The van der Waals surface area contributed by atoms with Crippen LogP contribution in [0, 0.1) is 5.41 Å². The number of hydrogen-bond donors (Lipinski definition) is 0. The van der Waals surface area contributed by atoms with Crippen molar-refractivity contribution in [3.8, 4) is 0 Å². The first-order valence-electron chi connectivity index (χ1n) is 8.26. The Bertz CT molecular complexity index is 697. The van der Waals surface area contributed by atoms with E-state index in [2.05, 4.69) is 36.2 Å². The molecule has 0 saturated carbocycles. The van der Waals surface area contributed by atoms with Gasteiger partial charge in [-0.05, 0) is 17.7 Å². The Labute approximate surface area is 145 Å². The molecule has 24 heavy (non-hydrogen) atoms. The largest absolute Gasteiger partial charge is 0.314 e. The Kier molecular flexibility index (Phi) is 5.55. The van der Waals surface area contributed by atoms with Crippen molar-refractivity contribution in [3.05, 3.63) is 66.0 Å². The van der Waals surface area contributed by atoms with Crippen LogP contribution < -0.4 is 4.90 Å². The quantitative estimate of drug-likeness (QED) is 0.801. The molecule has 3 heteroatoms. The number of benzene rings is 1. The number of allylic oxidation sites excluding steroid dienone is 1. The van der Waals surface area contributed by atoms with Gasteiger partial charge in [0.2, 0.25) is 5.91 Å². The lowest BCUT2D eigenvalue weighted by Gasteiger charge is -2.26. The number of amides is 1. The molecule has 1 aromatic heterocycles. The van der Waals surface area contributed by atoms with Crippen LogP contribution >= 0.6 is 0 Å². The van der Waals surface area contributed by atoms with E-state index in [1.165, 1.54) is 5.56 Å². The minimum absolute atomic E-state index is 0.0778. The normalized spacial score (nSPS) is 13.0. The fourth-order valence-corrected chi connectivity index (χ4v) is 2.40. The van der Waals surface area contributed by atoms with Gasteiger partial charge in [-0.2, -0.15) is 0 Å². The predicted molar refractivity (Wildman–Crippen MR) is 101 cm³/mol. The minimum atomic E-state index is -0.404. The molecule has 0 aliphatic carbocycles. The van der Waals surface area contributed by atoms with Crippen LogP contribution in [0.5, 0.6) is 0 Å². The van der Waals surface area contributed by atoms with E-state index in [1.807, 2.05) is 51.1 Å². The summed E-state index contributed by atoms with van der Waals surface area (Å²) in [4.78, 5) is 18.5. The monoisotopic (exact) mass is 322 g/mol. The Balaban J connectivity index is 2.09. The molecule has 1 amide bonds. The van der Waals surface area contributed by atoms with E-state index in [-0.39, 0.29) is 11.8 Å². The third-order valence-corrected chi connectivity index (χ3v) is 3.95. The van der Waals surface area contributed by atoms with Crippen molar-refractivity contribution in [2.24, 2.45) is 5.41 Å². The van der Waals surface area contributed by atoms with Gasteiger partial charge in [0, 0.05) is 24.1 Å². The Morgan fingerprint density at radius 3 is 2.33 bits per heavy atom. The number of anilines is 1. The SMILES string of the molecule is CC(/C=C/c1ccccc1)c1ccc(N(C)C(=O)C(C)(C)C)cn1. The van der Waals surface area contributed by atoms with Gasteiger partial charge in [-0.1, -0.05) is 70.2 Å². The van der Waals surface area contributed by atoms with Gasteiger partial charge in [0.05, 0.1) is 11.9 Å². The highest BCUT2D eigenvalue weighted by Gasteiger charge is 2.25. The van der Waals surface area contributed by atoms with Crippen molar-refractivity contribution >= 4 is 17.7 Å². The second-order valence-electron chi connectivity index (χ2n) is 7.11. The van der Waals surface area contributed by atoms with Crippen LogP contribution in [0.25, 0.3) is 6.08 Å². The molecule has 0 saturated heterocycles. The van der Waals surface area contributed by atoms with Crippen molar-refractivity contribution in [1.29, 1.82) is 0 Å². The summed E-state index contributed by atoms with van der Waals surface area (Å²) < 4.78 is 0. The predicted octanol–water partition coefficient (Wildman–Crippen LogP) is 4.91. The molecule has 0 fully saturated rings. The molecule has 0 aliphatic heterocycles. The third-order valence-electron chi connectivity index (χ3n) is 3.95. The molecule has 0 spiro atoms. The van der Waals surface area contributed by atoms with Gasteiger partial charge in [0.1, 0.15) is 0 Å². The fourth-order valence-electron chi connectivity index (χ4n) is 2.40. The zero-order chi connectivity index (χ0) is 17.7. The maximum absolute atomic E-state index is 12.3. The summed E-state index contributed by atoms with van der Waals surface area (Å²) in [5.74, 6) is 0.289. The van der Waals surface area contributed by atoms with Crippen molar-refractivity contribution in [1.82, 2.24) is 4.98 Å². The van der Waals surface area contributed by atoms with E-state index >= 15 is 0 Å². The number of rotatable bonds is 4. The van der Waals surface area contributed by atoms with E-state index in [1.54, 1.807) is 18.1 Å². The molecule has 1 aromatic carbocycles. The van der Waals surface area contributed by atoms with E-state index in [0.717, 1.165) is 11.4 Å². The van der Waals surface area contributed by atoms with Crippen LogP contribution in [0.3, 0.4) is 0 Å². The molecular formula is C21H26N2O. The van der Waals surface area contributed by atoms with Gasteiger partial charge in [-0.15, -0.1) is 0 Å². The van der Waals surface area contributed by atoms with Crippen LogP contribution in [0.2, 0.25) is 0 Å². The molecule has 3 nitrogen and oxygen atoms in total. The number of carbonyl (C=O) groups is 1. The number of carbonyl (C=O) groups excluding carboxylic acids is 1. The van der Waals surface area contributed by atoms with Crippen molar-refractivity contribution in [2.75, 3.05) is 11.9 Å². The Morgan fingerprint density at radius 2 is 1.79 bits per heavy atom. The molecule has 0 bridgehead atoms. The Hall–Kier alpha value is -2.42. The molecule has 1 atom stereocenters. The number of hydrogen-bond acceptors (Lipinski definition) is 2. The van der Waals surface area contributed by atoms with Crippen LogP contribution in [0.1, 0.15) is 44.9 Å². The summed E-state index contributed by atoms with van der Waals surface area (Å²) in [5, 5.41) is 0. The highest BCUT2D eigenvalue weighted by molar-refractivity contribution is 5.96. The molecule has 1 heterocycles. The zero-order valence-corrected chi connectivity index (χ0v) is 15.2. The summed E-state index contributed by atoms with van der Waals surface area (Å²) in [6.45, 7) is 7.88. The van der Waals surface area contributed by atoms with Crippen LogP contribution in [-0.2, 0) is 4.79 Å². The smallest absolute Gasteiger partial charge is 0.232 e.